The quantitative estimate of drug-likeness (QED) is 0.362. The number of carbonyl (C=O) groups is 2. The van der Waals surface area contributed by atoms with E-state index < -0.39 is 12.1 Å². The lowest BCUT2D eigenvalue weighted by Crippen LogP contribution is -2.21. The van der Waals surface area contributed by atoms with E-state index in [0.717, 1.165) is 0 Å². The first kappa shape index (κ1) is 25.2. The van der Waals surface area contributed by atoms with Crippen LogP contribution in [0, 0.1) is 11.3 Å². The number of ether oxygens (including phenoxy) is 2. The molecule has 1 atom stereocenters. The fraction of sp³-hybridized carbons (Fsp3) is 0.143. The van der Waals surface area contributed by atoms with Gasteiger partial charge < -0.3 is 9.47 Å². The Balaban J connectivity index is 1.82. The second kappa shape index (κ2) is 11.1. The molecule has 0 aromatic carbocycles. The molecule has 3 aromatic rings. The van der Waals surface area contributed by atoms with Crippen molar-refractivity contribution in [2.75, 3.05) is 17.7 Å². The number of aldehydes is 1. The number of nitrogens with zero attached hydrogens (tertiary/aromatic N) is 4. The van der Waals surface area contributed by atoms with Crippen molar-refractivity contribution in [3.63, 3.8) is 0 Å². The van der Waals surface area contributed by atoms with E-state index in [1.807, 2.05) is 6.07 Å². The maximum Gasteiger partial charge on any atom is 0.326 e. The van der Waals surface area contributed by atoms with Crippen molar-refractivity contribution >= 4 is 63.1 Å². The van der Waals surface area contributed by atoms with Gasteiger partial charge in [0, 0.05) is 30.1 Å². The number of hydrogen-bond donors (Lipinski definition) is 2. The molecule has 0 spiro atoms. The molecule has 0 aliphatic heterocycles. The van der Waals surface area contributed by atoms with Gasteiger partial charge in [-0.25, -0.2) is 14.8 Å². The topological polar surface area (TPSA) is 139 Å². The third-order valence-electron chi connectivity index (χ3n) is 4.36. The van der Waals surface area contributed by atoms with Crippen LogP contribution >= 0.6 is 39.1 Å². The van der Waals surface area contributed by atoms with E-state index in [9.17, 15) is 14.9 Å². The molecule has 3 aromatic heterocycles. The molecule has 174 valence electrons. The Morgan fingerprint density at radius 2 is 1.91 bits per heavy atom. The van der Waals surface area contributed by atoms with E-state index in [1.54, 1.807) is 6.92 Å². The summed E-state index contributed by atoms with van der Waals surface area (Å²) in [5, 5.41) is 15.0. The van der Waals surface area contributed by atoms with Crippen LogP contribution < -0.4 is 20.1 Å². The van der Waals surface area contributed by atoms with Gasteiger partial charge in [-0.15, -0.1) is 0 Å². The molecule has 0 unspecified atom stereocenters. The van der Waals surface area contributed by atoms with Gasteiger partial charge in [0.25, 0.3) is 0 Å². The normalized spacial score (nSPS) is 11.2. The molecule has 0 fully saturated rings. The average Bonchev–Trinajstić information content (AvgIpc) is 2.80. The number of nitriles is 1. The fourth-order valence-electron chi connectivity index (χ4n) is 2.82. The lowest BCUT2D eigenvalue weighted by Gasteiger charge is -2.18. The van der Waals surface area contributed by atoms with Gasteiger partial charge in [-0.2, -0.15) is 5.26 Å². The zero-order valence-electron chi connectivity index (χ0n) is 17.6. The summed E-state index contributed by atoms with van der Waals surface area (Å²) in [6.45, 7) is 1.70. The molecule has 3 rings (SSSR count). The number of amides is 2. The standard InChI is InChI=1S/C21H15BrCl2N6O4/c1-10(19-13(23)7-26-8-14(19)24)34-16-4-18(27-6-11(16)5-25)29-21(32)30-20-17(33-2)3-12(22)15(9-31)28-20/h3-4,6-10H,1-2H3,(H2,27,28,29,30,32)/t10-/m1/s1. The smallest absolute Gasteiger partial charge is 0.326 e. The lowest BCUT2D eigenvalue weighted by atomic mass is 10.1. The first-order valence-corrected chi connectivity index (χ1v) is 11.0. The number of anilines is 2. The summed E-state index contributed by atoms with van der Waals surface area (Å²) in [6, 6.07) is 4.13. The van der Waals surface area contributed by atoms with Crippen LogP contribution in [-0.2, 0) is 0 Å². The van der Waals surface area contributed by atoms with Crippen LogP contribution in [0.4, 0.5) is 16.4 Å². The second-order valence-corrected chi connectivity index (χ2v) is 8.23. The van der Waals surface area contributed by atoms with Crippen LogP contribution in [0.3, 0.4) is 0 Å². The van der Waals surface area contributed by atoms with Crippen molar-refractivity contribution in [3.8, 4) is 17.6 Å². The number of hydrogen-bond acceptors (Lipinski definition) is 8. The fourth-order valence-corrected chi connectivity index (χ4v) is 3.88. The van der Waals surface area contributed by atoms with Gasteiger partial charge in [0.2, 0.25) is 0 Å². The highest BCUT2D eigenvalue weighted by atomic mass is 79.9. The zero-order chi connectivity index (χ0) is 24.8. The molecule has 10 nitrogen and oxygen atoms in total. The highest BCUT2D eigenvalue weighted by Gasteiger charge is 2.19. The molecule has 2 N–H and O–H groups in total. The lowest BCUT2D eigenvalue weighted by molar-refractivity contribution is 0.111. The highest BCUT2D eigenvalue weighted by Crippen LogP contribution is 2.34. The van der Waals surface area contributed by atoms with Gasteiger partial charge in [0.1, 0.15) is 35.0 Å². The van der Waals surface area contributed by atoms with Crippen molar-refractivity contribution in [3.05, 3.63) is 62.1 Å². The molecule has 0 aliphatic rings. The number of pyridine rings is 3. The van der Waals surface area contributed by atoms with Gasteiger partial charge >= 0.3 is 6.03 Å². The van der Waals surface area contributed by atoms with E-state index in [2.05, 4.69) is 41.5 Å². The van der Waals surface area contributed by atoms with Crippen molar-refractivity contribution in [1.29, 1.82) is 5.26 Å². The molecular weight excluding hydrogens is 551 g/mol. The van der Waals surface area contributed by atoms with Crippen LogP contribution in [0.1, 0.15) is 34.6 Å². The maximum absolute atomic E-state index is 12.5. The van der Waals surface area contributed by atoms with Crippen LogP contribution in [0.2, 0.25) is 10.0 Å². The minimum atomic E-state index is -0.721. The van der Waals surface area contributed by atoms with Crippen molar-refractivity contribution in [2.24, 2.45) is 0 Å². The molecule has 34 heavy (non-hydrogen) atoms. The molecule has 0 radical (unpaired) electrons. The van der Waals surface area contributed by atoms with Gasteiger partial charge in [0.05, 0.1) is 27.8 Å². The minimum Gasteiger partial charge on any atom is -0.493 e. The Labute approximate surface area is 212 Å². The number of urea groups is 1. The molecule has 0 bridgehead atoms. The number of aromatic nitrogens is 3. The summed E-state index contributed by atoms with van der Waals surface area (Å²) >= 11 is 15.6. The minimum absolute atomic E-state index is 0.0195. The Morgan fingerprint density at radius 3 is 2.53 bits per heavy atom. The van der Waals surface area contributed by atoms with Crippen molar-refractivity contribution in [1.82, 2.24) is 15.0 Å². The first-order valence-electron chi connectivity index (χ1n) is 9.40. The number of nitrogens with one attached hydrogen (secondary N) is 2. The van der Waals surface area contributed by atoms with E-state index >= 15 is 0 Å². The molecule has 0 saturated heterocycles. The van der Waals surface area contributed by atoms with Gasteiger partial charge in [-0.05, 0) is 22.9 Å². The summed E-state index contributed by atoms with van der Waals surface area (Å²) in [7, 11) is 1.39. The van der Waals surface area contributed by atoms with Gasteiger partial charge in [0.15, 0.2) is 17.9 Å². The zero-order valence-corrected chi connectivity index (χ0v) is 20.7. The molecule has 2 amide bonds. The maximum atomic E-state index is 12.5. The van der Waals surface area contributed by atoms with E-state index in [-0.39, 0.29) is 34.4 Å². The van der Waals surface area contributed by atoms with Crippen LogP contribution in [0.15, 0.2) is 35.2 Å². The Hall–Kier alpha value is -3.46. The third-order valence-corrected chi connectivity index (χ3v) is 5.60. The molecule has 0 aliphatic carbocycles. The van der Waals surface area contributed by atoms with E-state index in [1.165, 1.54) is 37.8 Å². The Kier molecular flexibility index (Phi) is 8.22. The summed E-state index contributed by atoms with van der Waals surface area (Å²) in [5.41, 5.74) is 0.697. The summed E-state index contributed by atoms with van der Waals surface area (Å²) in [4.78, 5) is 35.7. The Morgan fingerprint density at radius 1 is 1.21 bits per heavy atom. The van der Waals surface area contributed by atoms with Crippen LogP contribution in [0.5, 0.6) is 11.5 Å². The first-order chi connectivity index (χ1) is 16.3. The highest BCUT2D eigenvalue weighted by molar-refractivity contribution is 9.10. The van der Waals surface area contributed by atoms with Crippen molar-refractivity contribution < 1.29 is 19.1 Å². The van der Waals surface area contributed by atoms with Gasteiger partial charge in [-0.3, -0.25) is 20.4 Å². The molecule has 0 saturated carbocycles. The predicted molar refractivity (Wildman–Crippen MR) is 129 cm³/mol. The number of methoxy groups -OCH3 is 1. The SMILES string of the molecule is COc1cc(Br)c(C=O)nc1NC(=O)Nc1cc(O[C@H](C)c2c(Cl)cncc2Cl)c(C#N)cn1. The number of carbonyl (C=O) groups excluding carboxylic acids is 2. The number of rotatable bonds is 7. The van der Waals surface area contributed by atoms with Crippen LogP contribution in [0.25, 0.3) is 0 Å². The summed E-state index contributed by atoms with van der Waals surface area (Å²) in [6.07, 6.45) is 3.99. The molecular formula is C21H15BrCl2N6O4. The van der Waals surface area contributed by atoms with Gasteiger partial charge in [-0.1, -0.05) is 23.2 Å². The largest absolute Gasteiger partial charge is 0.493 e. The molecule has 13 heteroatoms. The van der Waals surface area contributed by atoms with Crippen molar-refractivity contribution in [2.45, 2.75) is 13.0 Å². The molecule has 3 heterocycles. The Bertz CT molecular complexity index is 1280. The third kappa shape index (κ3) is 5.72. The monoisotopic (exact) mass is 564 g/mol. The summed E-state index contributed by atoms with van der Waals surface area (Å²) < 4.78 is 11.5. The van der Waals surface area contributed by atoms with Crippen LogP contribution in [-0.4, -0.2) is 34.4 Å². The van der Waals surface area contributed by atoms with E-state index in [0.29, 0.717) is 26.4 Å². The second-order valence-electron chi connectivity index (χ2n) is 6.56. The summed E-state index contributed by atoms with van der Waals surface area (Å²) in [5.74, 6) is 0.472. The van der Waals surface area contributed by atoms with E-state index in [4.69, 9.17) is 32.7 Å². The number of halogens is 3. The average molecular weight is 566 g/mol. The predicted octanol–water partition coefficient (Wildman–Crippen LogP) is 5.42.